The van der Waals surface area contributed by atoms with Gasteiger partial charge in [0.05, 0.1) is 5.56 Å². The molecule has 2 rings (SSSR count). The maximum Gasteiger partial charge on any atom is 0.337 e. The van der Waals surface area contributed by atoms with Crippen molar-refractivity contribution < 1.29 is 19.4 Å². The highest BCUT2D eigenvalue weighted by Crippen LogP contribution is 2.27. The lowest BCUT2D eigenvalue weighted by atomic mass is 10.1. The number of nitrogens with zero attached hydrogens (tertiary/aromatic N) is 2. The smallest absolute Gasteiger partial charge is 0.337 e. The van der Waals surface area contributed by atoms with E-state index >= 15 is 0 Å². The molecule has 0 atom stereocenters. The summed E-state index contributed by atoms with van der Waals surface area (Å²) in [6.45, 7) is 0.254. The van der Waals surface area contributed by atoms with Crippen LogP contribution in [0.1, 0.15) is 10.4 Å². The first-order chi connectivity index (χ1) is 8.74. The summed E-state index contributed by atoms with van der Waals surface area (Å²) in [5, 5.41) is 9.07. The predicted octanol–water partition coefficient (Wildman–Crippen LogP) is 1.38. The van der Waals surface area contributed by atoms with Crippen LogP contribution in [0.5, 0.6) is 5.75 Å². The quantitative estimate of drug-likeness (QED) is 0.817. The van der Waals surface area contributed by atoms with Crippen LogP contribution in [-0.4, -0.2) is 27.5 Å². The SMILES string of the molecule is O=COc1cccnc1-c1ncccc1C(=O)O. The Kier molecular flexibility index (Phi) is 3.29. The van der Waals surface area contributed by atoms with E-state index in [0.717, 1.165) is 0 Å². The summed E-state index contributed by atoms with van der Waals surface area (Å²) in [6.07, 6.45) is 2.91. The van der Waals surface area contributed by atoms with E-state index in [1.807, 2.05) is 0 Å². The Bertz CT molecular complexity index is 598. The molecule has 0 aliphatic rings. The Labute approximate surface area is 102 Å². The van der Waals surface area contributed by atoms with Gasteiger partial charge in [-0.2, -0.15) is 0 Å². The van der Waals surface area contributed by atoms with Crippen LogP contribution in [0.2, 0.25) is 0 Å². The number of pyridine rings is 2. The zero-order valence-corrected chi connectivity index (χ0v) is 9.11. The number of hydrogen-bond acceptors (Lipinski definition) is 5. The van der Waals surface area contributed by atoms with Crippen molar-refractivity contribution >= 4 is 12.4 Å². The minimum absolute atomic E-state index is 0.00745. The third kappa shape index (κ3) is 2.17. The minimum atomic E-state index is -1.12. The molecule has 0 bridgehead atoms. The van der Waals surface area contributed by atoms with Crippen molar-refractivity contribution in [3.8, 4) is 17.1 Å². The molecule has 0 fully saturated rings. The first-order valence-electron chi connectivity index (χ1n) is 4.98. The molecule has 0 amide bonds. The van der Waals surface area contributed by atoms with Crippen molar-refractivity contribution in [2.45, 2.75) is 0 Å². The van der Waals surface area contributed by atoms with Crippen LogP contribution in [0.3, 0.4) is 0 Å². The lowest BCUT2D eigenvalue weighted by Crippen LogP contribution is -2.03. The molecule has 0 saturated carbocycles. The summed E-state index contributed by atoms with van der Waals surface area (Å²) in [4.78, 5) is 29.5. The monoisotopic (exact) mass is 244 g/mol. The summed E-state index contributed by atoms with van der Waals surface area (Å²) >= 11 is 0. The molecule has 0 saturated heterocycles. The number of carbonyl (C=O) groups is 2. The summed E-state index contributed by atoms with van der Waals surface area (Å²) in [5.41, 5.74) is 0.358. The molecular formula is C12H8N2O4. The Morgan fingerprint density at radius 1 is 1.17 bits per heavy atom. The van der Waals surface area contributed by atoms with Crippen LogP contribution in [0.4, 0.5) is 0 Å². The van der Waals surface area contributed by atoms with Crippen LogP contribution in [0.25, 0.3) is 11.4 Å². The molecule has 90 valence electrons. The van der Waals surface area contributed by atoms with Crippen molar-refractivity contribution in [3.63, 3.8) is 0 Å². The summed E-state index contributed by atoms with van der Waals surface area (Å²) in [5.74, 6) is -0.963. The van der Waals surface area contributed by atoms with Gasteiger partial charge in [0.1, 0.15) is 11.4 Å². The molecular weight excluding hydrogens is 236 g/mol. The lowest BCUT2D eigenvalue weighted by Gasteiger charge is -2.07. The first-order valence-corrected chi connectivity index (χ1v) is 4.98. The molecule has 0 aromatic carbocycles. The van der Waals surface area contributed by atoms with E-state index in [2.05, 4.69) is 9.97 Å². The second-order valence-corrected chi connectivity index (χ2v) is 3.27. The number of ether oxygens (including phenoxy) is 1. The summed E-state index contributed by atoms with van der Waals surface area (Å²) < 4.78 is 4.75. The summed E-state index contributed by atoms with van der Waals surface area (Å²) in [6, 6.07) is 6.00. The van der Waals surface area contributed by atoms with E-state index in [1.54, 1.807) is 6.07 Å². The lowest BCUT2D eigenvalue weighted by molar-refractivity contribution is -0.120. The van der Waals surface area contributed by atoms with Crippen LogP contribution in [0, 0.1) is 0 Å². The number of hydrogen-bond donors (Lipinski definition) is 1. The Hall–Kier alpha value is -2.76. The highest BCUT2D eigenvalue weighted by Gasteiger charge is 2.17. The molecule has 0 aliphatic heterocycles. The van der Waals surface area contributed by atoms with Crippen LogP contribution in [0.15, 0.2) is 36.7 Å². The van der Waals surface area contributed by atoms with E-state index in [1.165, 1.54) is 30.6 Å². The predicted molar refractivity (Wildman–Crippen MR) is 61.1 cm³/mol. The number of carboxylic acid groups (broad SMARTS) is 1. The molecule has 1 N–H and O–H groups in total. The van der Waals surface area contributed by atoms with Gasteiger partial charge in [0.2, 0.25) is 0 Å². The van der Waals surface area contributed by atoms with E-state index in [-0.39, 0.29) is 29.2 Å². The van der Waals surface area contributed by atoms with Gasteiger partial charge in [-0.25, -0.2) is 4.79 Å². The van der Waals surface area contributed by atoms with Gasteiger partial charge in [-0.1, -0.05) is 0 Å². The highest BCUT2D eigenvalue weighted by atomic mass is 16.5. The number of carboxylic acids is 1. The van der Waals surface area contributed by atoms with Gasteiger partial charge in [0.15, 0.2) is 5.75 Å². The van der Waals surface area contributed by atoms with E-state index < -0.39 is 5.97 Å². The standard InChI is InChI=1S/C12H8N2O4/c15-7-18-9-4-2-6-14-11(9)10-8(12(16)17)3-1-5-13-10/h1-7H,(H,16,17). The van der Waals surface area contributed by atoms with Crippen molar-refractivity contribution in [1.29, 1.82) is 0 Å². The summed E-state index contributed by atoms with van der Waals surface area (Å²) in [7, 11) is 0. The van der Waals surface area contributed by atoms with Gasteiger partial charge < -0.3 is 9.84 Å². The number of rotatable bonds is 4. The second-order valence-electron chi connectivity index (χ2n) is 3.27. The second kappa shape index (κ2) is 5.05. The zero-order valence-electron chi connectivity index (χ0n) is 9.11. The highest BCUT2D eigenvalue weighted by molar-refractivity contribution is 5.94. The van der Waals surface area contributed by atoms with E-state index in [9.17, 15) is 9.59 Å². The van der Waals surface area contributed by atoms with E-state index in [4.69, 9.17) is 9.84 Å². The Morgan fingerprint density at radius 2 is 1.83 bits per heavy atom. The maximum absolute atomic E-state index is 11.1. The van der Waals surface area contributed by atoms with Gasteiger partial charge >= 0.3 is 5.97 Å². The molecule has 0 unspecified atom stereocenters. The molecule has 2 heterocycles. The van der Waals surface area contributed by atoms with Crippen molar-refractivity contribution in [3.05, 3.63) is 42.2 Å². The van der Waals surface area contributed by atoms with Crippen molar-refractivity contribution in [2.24, 2.45) is 0 Å². The van der Waals surface area contributed by atoms with Gasteiger partial charge in [-0.3, -0.25) is 14.8 Å². The number of carbonyl (C=O) groups excluding carboxylic acids is 1. The fraction of sp³-hybridized carbons (Fsp3) is 0. The topological polar surface area (TPSA) is 89.4 Å². The van der Waals surface area contributed by atoms with Gasteiger partial charge in [0.25, 0.3) is 6.47 Å². The Balaban J connectivity index is 2.61. The number of aromatic nitrogens is 2. The molecule has 2 aromatic rings. The fourth-order valence-corrected chi connectivity index (χ4v) is 1.48. The first kappa shape index (κ1) is 11.7. The normalized spacial score (nSPS) is 9.78. The molecule has 2 aromatic heterocycles. The molecule has 6 nitrogen and oxygen atoms in total. The van der Waals surface area contributed by atoms with Gasteiger partial charge in [0, 0.05) is 12.4 Å². The molecule has 18 heavy (non-hydrogen) atoms. The van der Waals surface area contributed by atoms with Crippen LogP contribution < -0.4 is 4.74 Å². The van der Waals surface area contributed by atoms with Crippen LogP contribution >= 0.6 is 0 Å². The zero-order chi connectivity index (χ0) is 13.0. The van der Waals surface area contributed by atoms with Gasteiger partial charge in [-0.05, 0) is 24.3 Å². The van der Waals surface area contributed by atoms with E-state index in [0.29, 0.717) is 0 Å². The average Bonchev–Trinajstić information content (AvgIpc) is 2.40. The molecule has 0 aliphatic carbocycles. The molecule has 0 spiro atoms. The van der Waals surface area contributed by atoms with Gasteiger partial charge in [-0.15, -0.1) is 0 Å². The average molecular weight is 244 g/mol. The van der Waals surface area contributed by atoms with Crippen molar-refractivity contribution in [1.82, 2.24) is 9.97 Å². The fourth-order valence-electron chi connectivity index (χ4n) is 1.48. The number of aromatic carboxylic acids is 1. The third-order valence-electron chi connectivity index (χ3n) is 2.21. The maximum atomic E-state index is 11.1. The molecule has 0 radical (unpaired) electrons. The largest absolute Gasteiger partial charge is 0.478 e. The minimum Gasteiger partial charge on any atom is -0.478 e. The van der Waals surface area contributed by atoms with Crippen molar-refractivity contribution in [2.75, 3.05) is 0 Å². The van der Waals surface area contributed by atoms with Crippen LogP contribution in [-0.2, 0) is 4.79 Å². The molecule has 6 heteroatoms. The third-order valence-corrected chi connectivity index (χ3v) is 2.21. The Morgan fingerprint density at radius 3 is 2.50 bits per heavy atom.